The molecule has 0 N–H and O–H groups in total. The normalized spacial score (nSPS) is 23.1. The zero-order chi connectivity index (χ0) is 11.4. The molecule has 1 fully saturated rings. The Morgan fingerprint density at radius 3 is 1.79 bits per heavy atom. The lowest BCUT2D eigenvalue weighted by molar-refractivity contribution is -0.126. The highest BCUT2D eigenvalue weighted by molar-refractivity contribution is 7.91. The minimum atomic E-state index is -2.84. The molecule has 0 aromatic rings. The van der Waals surface area contributed by atoms with E-state index in [1.165, 1.54) is 6.92 Å². The van der Waals surface area contributed by atoms with Gasteiger partial charge in [0.25, 0.3) is 0 Å². The lowest BCUT2D eigenvalue weighted by Crippen LogP contribution is -2.36. The van der Waals surface area contributed by atoms with E-state index in [0.717, 1.165) is 0 Å². The average molecular weight is 220 g/mol. The number of sulfone groups is 1. The van der Waals surface area contributed by atoms with E-state index in [-0.39, 0.29) is 22.7 Å². The summed E-state index contributed by atoms with van der Waals surface area (Å²) >= 11 is 0. The number of carbonyl (C=O) groups excluding carboxylic acids is 1. The molecule has 1 aliphatic rings. The largest absolute Gasteiger partial charge is 0.299 e. The fraction of sp³-hybridized carbons (Fsp3) is 0.900. The highest BCUT2D eigenvalue weighted by Crippen LogP contribution is 2.32. The van der Waals surface area contributed by atoms with Crippen molar-refractivity contribution in [3.63, 3.8) is 0 Å². The molecule has 1 rings (SSSR count). The quantitative estimate of drug-likeness (QED) is 0.677. The molecule has 0 bridgehead atoms. The van der Waals surface area contributed by atoms with Crippen LogP contribution >= 0.6 is 0 Å². The van der Waals surface area contributed by atoms with Crippen LogP contribution in [0.25, 0.3) is 0 Å². The molecule has 0 radical (unpaired) electrons. The Balaban J connectivity index is 0.000000791. The van der Waals surface area contributed by atoms with Gasteiger partial charge in [-0.2, -0.15) is 0 Å². The van der Waals surface area contributed by atoms with E-state index in [9.17, 15) is 13.2 Å². The summed E-state index contributed by atoms with van der Waals surface area (Å²) in [6.45, 7) is 7.39. The van der Waals surface area contributed by atoms with Gasteiger partial charge < -0.3 is 0 Å². The van der Waals surface area contributed by atoms with Crippen molar-refractivity contribution >= 4 is 15.6 Å². The summed E-state index contributed by atoms with van der Waals surface area (Å²) < 4.78 is 22.1. The fourth-order valence-corrected chi connectivity index (χ4v) is 3.07. The molecule has 0 amide bonds. The molecule has 1 heterocycles. The van der Waals surface area contributed by atoms with Crippen molar-refractivity contribution in [2.24, 2.45) is 5.41 Å². The topological polar surface area (TPSA) is 51.2 Å². The van der Waals surface area contributed by atoms with Crippen LogP contribution in [0.5, 0.6) is 0 Å². The van der Waals surface area contributed by atoms with E-state index in [4.69, 9.17) is 0 Å². The van der Waals surface area contributed by atoms with Crippen molar-refractivity contribution in [3.8, 4) is 0 Å². The van der Waals surface area contributed by atoms with E-state index in [2.05, 4.69) is 0 Å². The molecular weight excluding hydrogens is 200 g/mol. The van der Waals surface area contributed by atoms with Gasteiger partial charge in [0.05, 0.1) is 11.5 Å². The minimum absolute atomic E-state index is 0.109. The summed E-state index contributed by atoms with van der Waals surface area (Å²) in [5.41, 5.74) is -0.384. The Morgan fingerprint density at radius 1 is 1.14 bits per heavy atom. The maximum Gasteiger partial charge on any atom is 0.150 e. The van der Waals surface area contributed by atoms with E-state index in [1.54, 1.807) is 0 Å². The summed E-state index contributed by atoms with van der Waals surface area (Å²) in [5, 5.41) is 0. The van der Waals surface area contributed by atoms with Gasteiger partial charge in [-0.3, -0.25) is 4.79 Å². The van der Waals surface area contributed by atoms with Crippen molar-refractivity contribution in [1.82, 2.24) is 0 Å². The molecule has 84 valence electrons. The van der Waals surface area contributed by atoms with E-state index >= 15 is 0 Å². The molecule has 0 saturated carbocycles. The molecule has 1 aliphatic heterocycles. The molecule has 3 nitrogen and oxygen atoms in total. The zero-order valence-electron chi connectivity index (χ0n) is 9.46. The minimum Gasteiger partial charge on any atom is -0.299 e. The van der Waals surface area contributed by atoms with Crippen LogP contribution < -0.4 is 0 Å². The van der Waals surface area contributed by atoms with Crippen LogP contribution in [0.15, 0.2) is 0 Å². The summed E-state index contributed by atoms with van der Waals surface area (Å²) in [7, 11) is -2.84. The van der Waals surface area contributed by atoms with Crippen LogP contribution in [0.3, 0.4) is 0 Å². The zero-order valence-corrected chi connectivity index (χ0v) is 10.3. The molecule has 0 aliphatic carbocycles. The molecule has 0 atom stereocenters. The Kier molecular flexibility index (Phi) is 4.78. The lowest BCUT2D eigenvalue weighted by atomic mass is 9.81. The first-order valence-corrected chi connectivity index (χ1v) is 6.89. The number of ketones is 1. The number of rotatable bonds is 1. The van der Waals surface area contributed by atoms with Gasteiger partial charge in [0.2, 0.25) is 0 Å². The summed E-state index contributed by atoms with van der Waals surface area (Å²) in [6, 6.07) is 0. The molecule has 0 spiro atoms. The summed E-state index contributed by atoms with van der Waals surface area (Å²) in [5.74, 6) is 0.448. The molecule has 0 aromatic carbocycles. The van der Waals surface area contributed by atoms with Gasteiger partial charge in [-0.25, -0.2) is 8.42 Å². The van der Waals surface area contributed by atoms with Gasteiger partial charge in [-0.15, -0.1) is 0 Å². The summed E-state index contributed by atoms with van der Waals surface area (Å²) in [6.07, 6.45) is 0.981. The highest BCUT2D eigenvalue weighted by Gasteiger charge is 2.36. The van der Waals surface area contributed by atoms with E-state index < -0.39 is 9.84 Å². The maximum atomic E-state index is 11.1. The number of hydrogen-bond donors (Lipinski definition) is 0. The second-order valence-electron chi connectivity index (χ2n) is 3.77. The Hall–Kier alpha value is -0.380. The van der Waals surface area contributed by atoms with Crippen molar-refractivity contribution < 1.29 is 13.2 Å². The van der Waals surface area contributed by atoms with Crippen molar-refractivity contribution in [2.75, 3.05) is 11.5 Å². The van der Waals surface area contributed by atoms with Gasteiger partial charge in [0, 0.05) is 5.41 Å². The first-order valence-electron chi connectivity index (χ1n) is 5.07. The number of carbonyl (C=O) groups is 1. The van der Waals surface area contributed by atoms with Crippen molar-refractivity contribution in [3.05, 3.63) is 0 Å². The van der Waals surface area contributed by atoms with Gasteiger partial charge in [-0.1, -0.05) is 20.8 Å². The van der Waals surface area contributed by atoms with Gasteiger partial charge in [0.15, 0.2) is 0 Å². The van der Waals surface area contributed by atoms with Crippen LogP contribution in [0.2, 0.25) is 0 Å². The third-order valence-corrected chi connectivity index (χ3v) is 4.43. The predicted octanol–water partition coefficient (Wildman–Crippen LogP) is 1.82. The summed E-state index contributed by atoms with van der Waals surface area (Å²) in [4.78, 5) is 11.1. The molecular formula is C10H20O3S. The van der Waals surface area contributed by atoms with Crippen LogP contribution in [0, 0.1) is 5.41 Å². The number of Topliss-reactive ketones (excluding diaryl/α,β-unsaturated/α-hetero) is 1. The fourth-order valence-electron chi connectivity index (χ4n) is 1.34. The third kappa shape index (κ3) is 3.40. The van der Waals surface area contributed by atoms with Crippen LogP contribution in [0.1, 0.15) is 40.5 Å². The molecule has 14 heavy (non-hydrogen) atoms. The maximum absolute atomic E-state index is 11.1. The van der Waals surface area contributed by atoms with Crippen molar-refractivity contribution in [2.45, 2.75) is 40.5 Å². The van der Waals surface area contributed by atoms with Gasteiger partial charge in [-0.05, 0) is 19.8 Å². The molecule has 0 aromatic heterocycles. The average Bonchev–Trinajstić information content (AvgIpc) is 2.14. The second-order valence-corrected chi connectivity index (χ2v) is 6.07. The first-order chi connectivity index (χ1) is 6.36. The van der Waals surface area contributed by atoms with Crippen LogP contribution in [-0.2, 0) is 14.6 Å². The Morgan fingerprint density at radius 2 is 1.50 bits per heavy atom. The third-order valence-electron chi connectivity index (χ3n) is 2.78. The second kappa shape index (κ2) is 4.91. The van der Waals surface area contributed by atoms with E-state index in [1.807, 2.05) is 20.8 Å². The standard InChI is InChI=1S/C8H14O3S.C2H6/c1-7(9)8(2)3-5-12(10,11)6-4-8;1-2/h3-6H2,1-2H3;1-2H3. The first kappa shape index (κ1) is 13.6. The van der Waals surface area contributed by atoms with Crippen LogP contribution in [-0.4, -0.2) is 25.7 Å². The lowest BCUT2D eigenvalue weighted by Gasteiger charge is -2.30. The Labute approximate surface area is 86.8 Å². The van der Waals surface area contributed by atoms with E-state index in [0.29, 0.717) is 12.8 Å². The van der Waals surface area contributed by atoms with Gasteiger partial charge >= 0.3 is 0 Å². The Bertz CT molecular complexity index is 276. The molecule has 4 heteroatoms. The monoisotopic (exact) mass is 220 g/mol. The van der Waals surface area contributed by atoms with Crippen LogP contribution in [0.4, 0.5) is 0 Å². The smallest absolute Gasteiger partial charge is 0.150 e. The highest BCUT2D eigenvalue weighted by atomic mass is 32.2. The molecule has 1 saturated heterocycles. The van der Waals surface area contributed by atoms with Gasteiger partial charge in [0.1, 0.15) is 15.6 Å². The SMILES string of the molecule is CC.CC(=O)C1(C)CCS(=O)(=O)CC1. The molecule has 0 unspecified atom stereocenters. The number of hydrogen-bond acceptors (Lipinski definition) is 3. The van der Waals surface area contributed by atoms with Crippen molar-refractivity contribution in [1.29, 1.82) is 0 Å². The predicted molar refractivity (Wildman–Crippen MR) is 58.0 cm³/mol.